The van der Waals surface area contributed by atoms with Gasteiger partial charge in [-0.25, -0.2) is 0 Å². The lowest BCUT2D eigenvalue weighted by Crippen LogP contribution is -2.28. The number of rotatable bonds is 4. The van der Waals surface area contributed by atoms with Crippen molar-refractivity contribution < 1.29 is 5.11 Å². The third kappa shape index (κ3) is 2.88. The topological polar surface area (TPSA) is 32.3 Å². The quantitative estimate of drug-likeness (QED) is 0.838. The highest BCUT2D eigenvalue weighted by Gasteiger charge is 2.23. The summed E-state index contributed by atoms with van der Waals surface area (Å²) >= 11 is 0. The number of aliphatic hydroxyl groups excluding tert-OH is 1. The first-order chi connectivity index (χ1) is 8.22. The second-order valence-corrected chi connectivity index (χ2v) is 5.12. The molecule has 94 valence electrons. The summed E-state index contributed by atoms with van der Waals surface area (Å²) in [5.74, 6) is 0.603. The fourth-order valence-corrected chi connectivity index (χ4v) is 2.47. The van der Waals surface area contributed by atoms with E-state index in [9.17, 15) is 5.11 Å². The Morgan fingerprint density at radius 1 is 1.29 bits per heavy atom. The summed E-state index contributed by atoms with van der Waals surface area (Å²) in [6, 6.07) is 8.70. The van der Waals surface area contributed by atoms with E-state index in [0.29, 0.717) is 5.92 Å². The first-order valence-corrected chi connectivity index (χ1v) is 6.73. The molecular weight excluding hydrogens is 210 g/mol. The van der Waals surface area contributed by atoms with Gasteiger partial charge in [0.2, 0.25) is 0 Å². The minimum Gasteiger partial charge on any atom is -0.387 e. The van der Waals surface area contributed by atoms with Crippen molar-refractivity contribution in [3.05, 3.63) is 35.4 Å². The number of benzene rings is 1. The molecule has 0 bridgehead atoms. The molecule has 0 saturated carbocycles. The fourth-order valence-electron chi connectivity index (χ4n) is 2.47. The van der Waals surface area contributed by atoms with Gasteiger partial charge in [-0.15, -0.1) is 0 Å². The third-order valence-electron chi connectivity index (χ3n) is 3.94. The Bertz CT molecular complexity index is 340. The van der Waals surface area contributed by atoms with Crippen molar-refractivity contribution in [2.24, 2.45) is 0 Å². The fraction of sp³-hybridized carbons (Fsp3) is 0.600. The van der Waals surface area contributed by atoms with Crippen molar-refractivity contribution >= 4 is 0 Å². The van der Waals surface area contributed by atoms with Crippen LogP contribution < -0.4 is 5.32 Å². The van der Waals surface area contributed by atoms with Crippen LogP contribution in [0, 0.1) is 0 Å². The Morgan fingerprint density at radius 2 is 1.94 bits per heavy atom. The van der Waals surface area contributed by atoms with Gasteiger partial charge in [0.1, 0.15) is 0 Å². The molecule has 1 saturated heterocycles. The van der Waals surface area contributed by atoms with Crippen LogP contribution >= 0.6 is 0 Å². The van der Waals surface area contributed by atoms with E-state index in [0.717, 1.165) is 24.9 Å². The van der Waals surface area contributed by atoms with Crippen LogP contribution in [0.1, 0.15) is 56.3 Å². The van der Waals surface area contributed by atoms with Gasteiger partial charge in [-0.2, -0.15) is 0 Å². The minimum atomic E-state index is -0.358. The third-order valence-corrected chi connectivity index (χ3v) is 3.94. The maximum Gasteiger partial charge on any atom is 0.0942 e. The lowest BCUT2D eigenvalue weighted by molar-refractivity contribution is 0.137. The van der Waals surface area contributed by atoms with E-state index >= 15 is 0 Å². The Kier molecular flexibility index (Phi) is 4.19. The lowest BCUT2D eigenvalue weighted by Gasteiger charge is -2.19. The summed E-state index contributed by atoms with van der Waals surface area (Å²) in [5, 5.41) is 13.6. The number of nitrogens with one attached hydrogen (secondary N) is 1. The Morgan fingerprint density at radius 3 is 2.47 bits per heavy atom. The highest BCUT2D eigenvalue weighted by atomic mass is 16.3. The largest absolute Gasteiger partial charge is 0.387 e. The van der Waals surface area contributed by atoms with Gasteiger partial charge >= 0.3 is 0 Å². The van der Waals surface area contributed by atoms with Gasteiger partial charge in [0.25, 0.3) is 0 Å². The van der Waals surface area contributed by atoms with E-state index in [1.165, 1.54) is 12.0 Å². The monoisotopic (exact) mass is 233 g/mol. The normalized spacial score (nSPS) is 23.6. The maximum absolute atomic E-state index is 10.2. The van der Waals surface area contributed by atoms with E-state index in [2.05, 4.69) is 43.4 Å². The molecule has 2 rings (SSSR count). The van der Waals surface area contributed by atoms with E-state index in [1.807, 2.05) is 0 Å². The molecule has 1 aliphatic heterocycles. The Labute approximate surface area is 104 Å². The predicted molar refractivity (Wildman–Crippen MR) is 71.1 cm³/mol. The van der Waals surface area contributed by atoms with Crippen molar-refractivity contribution in [2.45, 2.75) is 51.2 Å². The SMILES string of the molecule is CCC(C)c1ccc(C(O)C2CCCN2)cc1. The number of hydrogen-bond donors (Lipinski definition) is 2. The molecular formula is C15H23NO. The summed E-state index contributed by atoms with van der Waals surface area (Å²) < 4.78 is 0. The van der Waals surface area contributed by atoms with E-state index in [1.54, 1.807) is 0 Å². The van der Waals surface area contributed by atoms with Gasteiger partial charge in [-0.05, 0) is 42.9 Å². The molecule has 0 spiro atoms. The molecule has 0 radical (unpaired) electrons. The molecule has 3 unspecified atom stereocenters. The molecule has 2 nitrogen and oxygen atoms in total. The Hall–Kier alpha value is -0.860. The molecule has 3 atom stereocenters. The number of hydrogen-bond acceptors (Lipinski definition) is 2. The summed E-state index contributed by atoms with van der Waals surface area (Å²) in [5.41, 5.74) is 2.40. The minimum absolute atomic E-state index is 0.240. The second-order valence-electron chi connectivity index (χ2n) is 5.12. The molecule has 1 aromatic carbocycles. The summed E-state index contributed by atoms with van der Waals surface area (Å²) in [7, 11) is 0. The van der Waals surface area contributed by atoms with Crippen LogP contribution in [0.25, 0.3) is 0 Å². The van der Waals surface area contributed by atoms with Crippen LogP contribution in [-0.2, 0) is 0 Å². The standard InChI is InChI=1S/C15H23NO/c1-3-11(2)12-6-8-13(9-7-12)15(17)14-5-4-10-16-14/h6-9,11,14-17H,3-5,10H2,1-2H3. The average Bonchev–Trinajstić information content (AvgIpc) is 2.91. The van der Waals surface area contributed by atoms with Gasteiger partial charge in [0, 0.05) is 6.04 Å². The maximum atomic E-state index is 10.2. The lowest BCUT2D eigenvalue weighted by atomic mass is 9.94. The predicted octanol–water partition coefficient (Wildman–Crippen LogP) is 2.99. The zero-order chi connectivity index (χ0) is 12.3. The molecule has 1 aromatic rings. The smallest absolute Gasteiger partial charge is 0.0942 e. The van der Waals surface area contributed by atoms with Crippen LogP contribution in [0.5, 0.6) is 0 Å². The molecule has 1 fully saturated rings. The van der Waals surface area contributed by atoms with E-state index < -0.39 is 0 Å². The molecule has 1 aliphatic rings. The molecule has 0 aromatic heterocycles. The van der Waals surface area contributed by atoms with E-state index in [-0.39, 0.29) is 12.1 Å². The van der Waals surface area contributed by atoms with E-state index in [4.69, 9.17) is 0 Å². The second kappa shape index (κ2) is 5.65. The summed E-state index contributed by atoms with van der Waals surface area (Å²) in [6.07, 6.45) is 3.05. The van der Waals surface area contributed by atoms with Crippen LogP contribution in [-0.4, -0.2) is 17.7 Å². The molecule has 2 N–H and O–H groups in total. The van der Waals surface area contributed by atoms with Gasteiger partial charge in [-0.3, -0.25) is 0 Å². The molecule has 0 amide bonds. The van der Waals surface area contributed by atoms with Crippen molar-refractivity contribution in [1.29, 1.82) is 0 Å². The van der Waals surface area contributed by atoms with Crippen molar-refractivity contribution in [2.75, 3.05) is 6.54 Å². The van der Waals surface area contributed by atoms with Gasteiger partial charge < -0.3 is 10.4 Å². The van der Waals surface area contributed by atoms with Crippen LogP contribution in [0.3, 0.4) is 0 Å². The zero-order valence-electron chi connectivity index (χ0n) is 10.8. The summed E-state index contributed by atoms with van der Waals surface area (Å²) in [4.78, 5) is 0. The highest BCUT2D eigenvalue weighted by molar-refractivity contribution is 5.27. The molecule has 0 aliphatic carbocycles. The molecule has 2 heteroatoms. The zero-order valence-corrected chi connectivity index (χ0v) is 10.8. The van der Waals surface area contributed by atoms with Crippen molar-refractivity contribution in [3.8, 4) is 0 Å². The van der Waals surface area contributed by atoms with Crippen LogP contribution in [0.2, 0.25) is 0 Å². The van der Waals surface area contributed by atoms with Crippen LogP contribution in [0.15, 0.2) is 24.3 Å². The van der Waals surface area contributed by atoms with Crippen molar-refractivity contribution in [3.63, 3.8) is 0 Å². The molecule has 1 heterocycles. The van der Waals surface area contributed by atoms with Crippen molar-refractivity contribution in [1.82, 2.24) is 5.32 Å². The van der Waals surface area contributed by atoms with Gasteiger partial charge in [-0.1, -0.05) is 38.1 Å². The highest BCUT2D eigenvalue weighted by Crippen LogP contribution is 2.25. The Balaban J connectivity index is 2.06. The van der Waals surface area contributed by atoms with Gasteiger partial charge in [0.05, 0.1) is 6.10 Å². The first kappa shape index (κ1) is 12.6. The van der Waals surface area contributed by atoms with Gasteiger partial charge in [0.15, 0.2) is 0 Å². The average molecular weight is 233 g/mol. The summed E-state index contributed by atoms with van der Waals surface area (Å²) in [6.45, 7) is 5.48. The first-order valence-electron chi connectivity index (χ1n) is 6.73. The number of aliphatic hydroxyl groups is 1. The molecule has 17 heavy (non-hydrogen) atoms. The van der Waals surface area contributed by atoms with Crippen LogP contribution in [0.4, 0.5) is 0 Å².